The molecule has 6 heteroatoms. The van der Waals surface area contributed by atoms with Crippen molar-refractivity contribution in [3.05, 3.63) is 29.8 Å². The molecule has 1 aromatic rings. The van der Waals surface area contributed by atoms with Gasteiger partial charge in [0.05, 0.1) is 0 Å². The number of carbonyl (C=O) groups is 1. The maximum Gasteiger partial charge on any atom is 0.446 e. The van der Waals surface area contributed by atoms with E-state index in [4.69, 9.17) is 0 Å². The Labute approximate surface area is 90.8 Å². The van der Waals surface area contributed by atoms with Crippen LogP contribution in [0.3, 0.4) is 0 Å². The summed E-state index contributed by atoms with van der Waals surface area (Å²) in [5.74, 6) is 0. The molecular weight excluding hydrogens is 281 g/mol. The zero-order valence-corrected chi connectivity index (χ0v) is 9.04. The second-order valence-electron chi connectivity index (χ2n) is 2.35. The van der Waals surface area contributed by atoms with Crippen molar-refractivity contribution in [2.24, 2.45) is 0 Å². The van der Waals surface area contributed by atoms with Crippen LogP contribution < -0.4 is 0 Å². The van der Waals surface area contributed by atoms with Crippen molar-refractivity contribution in [3.63, 3.8) is 0 Å². The van der Waals surface area contributed by atoms with Crippen LogP contribution in [0.2, 0.25) is 0 Å². The van der Waals surface area contributed by atoms with Gasteiger partial charge in [-0.25, -0.2) is 0 Å². The fourth-order valence-electron chi connectivity index (χ4n) is 0.788. The second kappa shape index (κ2) is 4.35. The quantitative estimate of drug-likeness (QED) is 0.606. The first kappa shape index (κ1) is 11.6. The monoisotopic (exact) mass is 284 g/mol. The number of carbonyl (C=O) groups excluding carboxylic acids is 1. The minimum atomic E-state index is -4.29. The van der Waals surface area contributed by atoms with Gasteiger partial charge in [0.15, 0.2) is 0 Å². The first-order valence-corrected chi connectivity index (χ1v) is 5.05. The summed E-state index contributed by atoms with van der Waals surface area (Å²) in [4.78, 5) is 10.8. The number of halogens is 4. The first-order chi connectivity index (χ1) is 6.38. The molecule has 0 saturated carbocycles. The van der Waals surface area contributed by atoms with Crippen LogP contribution in [0.4, 0.5) is 13.2 Å². The highest BCUT2D eigenvalue weighted by molar-refractivity contribution is 9.18. The van der Waals surface area contributed by atoms with E-state index in [1.807, 2.05) is 0 Å². The van der Waals surface area contributed by atoms with Crippen molar-refractivity contribution in [2.45, 2.75) is 10.4 Å². The molecule has 0 bridgehead atoms. The molecule has 0 radical (unpaired) electrons. The predicted molar refractivity (Wildman–Crippen MR) is 51.6 cm³/mol. The lowest BCUT2D eigenvalue weighted by atomic mass is 10.2. The van der Waals surface area contributed by atoms with Gasteiger partial charge in [0.25, 0.3) is 0 Å². The fourth-order valence-corrected chi connectivity index (χ4v) is 1.59. The molecule has 0 aliphatic heterocycles. The molecular formula is C8H4BrF3OS. The smallest absolute Gasteiger partial charge is 0.281 e. The molecule has 1 aromatic carbocycles. The van der Waals surface area contributed by atoms with E-state index in [0.29, 0.717) is 5.56 Å². The lowest BCUT2D eigenvalue weighted by Gasteiger charge is -2.04. The van der Waals surface area contributed by atoms with Crippen LogP contribution in [0.5, 0.6) is 0 Å². The van der Waals surface area contributed by atoms with E-state index < -0.39 is 5.51 Å². The molecule has 0 aliphatic rings. The third kappa shape index (κ3) is 3.71. The number of rotatable bonds is 2. The Morgan fingerprint density at radius 3 is 2.07 bits per heavy atom. The van der Waals surface area contributed by atoms with Crippen LogP contribution in [0, 0.1) is 0 Å². The highest BCUT2D eigenvalue weighted by Gasteiger charge is 2.29. The van der Waals surface area contributed by atoms with Gasteiger partial charge in [-0.2, -0.15) is 13.2 Å². The summed E-state index contributed by atoms with van der Waals surface area (Å²) in [6.07, 6.45) is 0. The first-order valence-electron chi connectivity index (χ1n) is 3.44. The maximum absolute atomic E-state index is 11.9. The lowest BCUT2D eigenvalue weighted by Crippen LogP contribution is -1.99. The van der Waals surface area contributed by atoms with Gasteiger partial charge in [0, 0.05) is 10.5 Å². The Hall–Kier alpha value is -0.490. The van der Waals surface area contributed by atoms with Gasteiger partial charge in [0.2, 0.25) is 4.69 Å². The van der Waals surface area contributed by atoms with Crippen molar-refractivity contribution in [3.8, 4) is 0 Å². The van der Waals surface area contributed by atoms with E-state index in [0.717, 1.165) is 0 Å². The molecule has 0 aliphatic carbocycles. The Morgan fingerprint density at radius 1 is 1.21 bits per heavy atom. The van der Waals surface area contributed by atoms with E-state index in [-0.39, 0.29) is 21.3 Å². The number of hydrogen-bond acceptors (Lipinski definition) is 2. The van der Waals surface area contributed by atoms with E-state index in [9.17, 15) is 18.0 Å². The van der Waals surface area contributed by atoms with Crippen LogP contribution >= 0.6 is 27.7 Å². The Kier molecular flexibility index (Phi) is 3.60. The van der Waals surface area contributed by atoms with Crippen molar-refractivity contribution in [1.82, 2.24) is 0 Å². The SMILES string of the molecule is O=C(Br)c1ccc(SC(F)(F)F)cc1. The summed E-state index contributed by atoms with van der Waals surface area (Å²) >= 11 is 2.50. The molecule has 0 unspecified atom stereocenters. The van der Waals surface area contributed by atoms with Gasteiger partial charge in [-0.1, -0.05) is 0 Å². The van der Waals surface area contributed by atoms with Gasteiger partial charge >= 0.3 is 5.51 Å². The van der Waals surface area contributed by atoms with Gasteiger partial charge in [-0.05, 0) is 52.0 Å². The highest BCUT2D eigenvalue weighted by atomic mass is 79.9. The van der Waals surface area contributed by atoms with Crippen molar-refractivity contribution >= 4 is 32.4 Å². The summed E-state index contributed by atoms with van der Waals surface area (Å²) in [6.45, 7) is 0. The van der Waals surface area contributed by atoms with Crippen molar-refractivity contribution in [2.75, 3.05) is 0 Å². The molecule has 76 valence electrons. The summed E-state index contributed by atoms with van der Waals surface area (Å²) < 4.78 is 35.3. The van der Waals surface area contributed by atoms with Crippen LogP contribution in [0.15, 0.2) is 29.2 Å². The van der Waals surface area contributed by atoms with E-state index in [2.05, 4.69) is 15.9 Å². The lowest BCUT2D eigenvalue weighted by molar-refractivity contribution is -0.0328. The standard InChI is InChI=1S/C8H4BrF3OS/c9-7(13)5-1-3-6(4-2-5)14-8(10,11)12/h1-4H. The largest absolute Gasteiger partial charge is 0.446 e. The topological polar surface area (TPSA) is 17.1 Å². The molecule has 0 aromatic heterocycles. The predicted octanol–water partition coefficient (Wildman–Crippen LogP) is 3.83. The van der Waals surface area contributed by atoms with Crippen molar-refractivity contribution < 1.29 is 18.0 Å². The highest BCUT2D eigenvalue weighted by Crippen LogP contribution is 2.36. The summed E-state index contributed by atoms with van der Waals surface area (Å²) in [7, 11) is 0. The average molecular weight is 285 g/mol. The Bertz CT molecular complexity index is 333. The van der Waals surface area contributed by atoms with Crippen LogP contribution in [0.1, 0.15) is 10.4 Å². The zero-order chi connectivity index (χ0) is 10.8. The van der Waals surface area contributed by atoms with Crippen LogP contribution in [0.25, 0.3) is 0 Å². The summed E-state index contributed by atoms with van der Waals surface area (Å²) in [5, 5.41) is 0. The maximum atomic E-state index is 11.9. The van der Waals surface area contributed by atoms with Gasteiger partial charge in [-0.3, -0.25) is 4.79 Å². The Morgan fingerprint density at radius 2 is 1.71 bits per heavy atom. The molecule has 14 heavy (non-hydrogen) atoms. The Balaban J connectivity index is 2.79. The molecule has 0 fully saturated rings. The zero-order valence-electron chi connectivity index (χ0n) is 6.64. The van der Waals surface area contributed by atoms with Gasteiger partial charge < -0.3 is 0 Å². The van der Waals surface area contributed by atoms with Crippen LogP contribution in [-0.4, -0.2) is 10.2 Å². The number of benzene rings is 1. The van der Waals surface area contributed by atoms with Gasteiger partial charge in [0.1, 0.15) is 0 Å². The summed E-state index contributed by atoms with van der Waals surface area (Å²) in [5.41, 5.74) is -3.96. The normalized spacial score (nSPS) is 11.4. The third-order valence-electron chi connectivity index (χ3n) is 1.31. The minimum absolute atomic E-state index is 0.0648. The number of thioether (sulfide) groups is 1. The minimum Gasteiger partial charge on any atom is -0.281 e. The van der Waals surface area contributed by atoms with Gasteiger partial charge in [-0.15, -0.1) is 0 Å². The fraction of sp³-hybridized carbons (Fsp3) is 0.125. The molecule has 0 heterocycles. The van der Waals surface area contributed by atoms with E-state index >= 15 is 0 Å². The number of hydrogen-bond donors (Lipinski definition) is 0. The molecule has 0 N–H and O–H groups in total. The molecule has 1 nitrogen and oxygen atoms in total. The van der Waals surface area contributed by atoms with E-state index in [1.165, 1.54) is 24.3 Å². The van der Waals surface area contributed by atoms with Crippen LogP contribution in [-0.2, 0) is 0 Å². The summed E-state index contributed by atoms with van der Waals surface area (Å²) in [6, 6.07) is 5.19. The molecule has 0 atom stereocenters. The number of alkyl halides is 3. The molecule has 1 rings (SSSR count). The molecule has 0 saturated heterocycles. The van der Waals surface area contributed by atoms with E-state index in [1.54, 1.807) is 0 Å². The second-order valence-corrected chi connectivity index (χ2v) is 4.20. The van der Waals surface area contributed by atoms with Crippen molar-refractivity contribution in [1.29, 1.82) is 0 Å². The average Bonchev–Trinajstić information content (AvgIpc) is 2.02. The molecule has 0 amide bonds. The molecule has 0 spiro atoms. The third-order valence-corrected chi connectivity index (χ3v) is 2.51.